The molecule has 0 aliphatic rings. The number of hydrogen-bond acceptors (Lipinski definition) is 2. The van der Waals surface area contributed by atoms with Gasteiger partial charge in [-0.15, -0.1) is 0 Å². The number of nitrogens with two attached hydrogens (primary N) is 1. The van der Waals surface area contributed by atoms with Crippen molar-refractivity contribution in [2.75, 3.05) is 0 Å². The molecular weight excluding hydrogens is 265 g/mol. The van der Waals surface area contributed by atoms with E-state index in [9.17, 15) is 9.18 Å². The SMILES string of the molecule is Cc1c(C(N)CC(=O)O)ccc(F)c1Br. The maximum atomic E-state index is 13.1. The van der Waals surface area contributed by atoms with Crippen LogP contribution in [-0.4, -0.2) is 11.1 Å². The fourth-order valence-electron chi connectivity index (χ4n) is 1.37. The van der Waals surface area contributed by atoms with Gasteiger partial charge in [0.1, 0.15) is 5.82 Å². The minimum Gasteiger partial charge on any atom is -0.481 e. The summed E-state index contributed by atoms with van der Waals surface area (Å²) in [6.45, 7) is 1.70. The average molecular weight is 276 g/mol. The van der Waals surface area contributed by atoms with Crippen LogP contribution in [0.15, 0.2) is 16.6 Å². The molecule has 0 aromatic heterocycles. The highest BCUT2D eigenvalue weighted by molar-refractivity contribution is 9.10. The Balaban J connectivity index is 3.05. The average Bonchev–Trinajstić information content (AvgIpc) is 2.13. The Bertz CT molecular complexity index is 395. The van der Waals surface area contributed by atoms with Crippen molar-refractivity contribution in [2.24, 2.45) is 5.73 Å². The maximum absolute atomic E-state index is 13.1. The lowest BCUT2D eigenvalue weighted by atomic mass is 9.99. The number of benzene rings is 1. The van der Waals surface area contributed by atoms with Crippen molar-refractivity contribution in [3.63, 3.8) is 0 Å². The number of carboxylic acids is 1. The first-order chi connectivity index (χ1) is 6.93. The predicted molar refractivity (Wildman–Crippen MR) is 58.0 cm³/mol. The second kappa shape index (κ2) is 4.72. The second-order valence-electron chi connectivity index (χ2n) is 3.28. The van der Waals surface area contributed by atoms with E-state index in [0.29, 0.717) is 15.6 Å². The summed E-state index contributed by atoms with van der Waals surface area (Å²) in [5.74, 6) is -1.35. The largest absolute Gasteiger partial charge is 0.481 e. The number of aliphatic carboxylic acids is 1. The van der Waals surface area contributed by atoms with Crippen molar-refractivity contribution in [3.05, 3.63) is 33.5 Å². The van der Waals surface area contributed by atoms with Gasteiger partial charge < -0.3 is 10.8 Å². The number of carbonyl (C=O) groups is 1. The van der Waals surface area contributed by atoms with Crippen LogP contribution in [0.25, 0.3) is 0 Å². The lowest BCUT2D eigenvalue weighted by molar-refractivity contribution is -0.137. The zero-order valence-electron chi connectivity index (χ0n) is 8.13. The number of rotatable bonds is 3. The van der Waals surface area contributed by atoms with Crippen LogP contribution in [0.2, 0.25) is 0 Å². The Hall–Kier alpha value is -0.940. The molecule has 1 rings (SSSR count). The van der Waals surface area contributed by atoms with E-state index in [4.69, 9.17) is 10.8 Å². The molecule has 0 heterocycles. The van der Waals surface area contributed by atoms with Gasteiger partial charge >= 0.3 is 5.97 Å². The molecule has 3 N–H and O–H groups in total. The van der Waals surface area contributed by atoms with Crippen molar-refractivity contribution in [3.8, 4) is 0 Å². The molecule has 1 unspecified atom stereocenters. The molecule has 15 heavy (non-hydrogen) atoms. The van der Waals surface area contributed by atoms with Crippen LogP contribution < -0.4 is 5.73 Å². The third-order valence-electron chi connectivity index (χ3n) is 2.18. The molecule has 82 valence electrons. The third kappa shape index (κ3) is 2.76. The first-order valence-corrected chi connectivity index (χ1v) is 5.14. The summed E-state index contributed by atoms with van der Waals surface area (Å²) in [6.07, 6.45) is -0.168. The molecule has 1 aromatic carbocycles. The minimum atomic E-state index is -0.970. The number of carboxylic acid groups (broad SMARTS) is 1. The van der Waals surface area contributed by atoms with Gasteiger partial charge in [0, 0.05) is 6.04 Å². The Labute approximate surface area is 95.2 Å². The molecule has 1 atom stereocenters. The fourth-order valence-corrected chi connectivity index (χ4v) is 1.73. The summed E-state index contributed by atoms with van der Waals surface area (Å²) in [7, 11) is 0. The normalized spacial score (nSPS) is 12.5. The van der Waals surface area contributed by atoms with Crippen LogP contribution in [0.5, 0.6) is 0 Å². The van der Waals surface area contributed by atoms with Gasteiger partial charge in [0.05, 0.1) is 10.9 Å². The van der Waals surface area contributed by atoms with Crippen LogP contribution in [0, 0.1) is 12.7 Å². The zero-order chi connectivity index (χ0) is 11.6. The van der Waals surface area contributed by atoms with E-state index < -0.39 is 12.0 Å². The molecule has 1 aromatic rings. The molecule has 0 radical (unpaired) electrons. The van der Waals surface area contributed by atoms with E-state index in [2.05, 4.69) is 15.9 Å². The second-order valence-corrected chi connectivity index (χ2v) is 4.07. The van der Waals surface area contributed by atoms with Gasteiger partial charge in [0.15, 0.2) is 0 Å². The predicted octanol–water partition coefficient (Wildman–Crippen LogP) is 2.37. The van der Waals surface area contributed by atoms with E-state index >= 15 is 0 Å². The summed E-state index contributed by atoms with van der Waals surface area (Å²) in [4.78, 5) is 10.5. The Kier molecular flexibility index (Phi) is 3.82. The lowest BCUT2D eigenvalue weighted by Gasteiger charge is -2.14. The standard InChI is InChI=1S/C10H11BrFNO2/c1-5-6(8(13)4-9(14)15)2-3-7(12)10(5)11/h2-3,8H,4,13H2,1H3,(H,14,15). The molecule has 0 saturated carbocycles. The lowest BCUT2D eigenvalue weighted by Crippen LogP contribution is -2.16. The third-order valence-corrected chi connectivity index (χ3v) is 3.15. The van der Waals surface area contributed by atoms with Gasteiger partial charge in [-0.2, -0.15) is 0 Å². The summed E-state index contributed by atoms with van der Waals surface area (Å²) in [5.41, 5.74) is 6.98. The van der Waals surface area contributed by atoms with Crippen LogP contribution >= 0.6 is 15.9 Å². The van der Waals surface area contributed by atoms with Crippen molar-refractivity contribution < 1.29 is 14.3 Å². The highest BCUT2D eigenvalue weighted by Crippen LogP contribution is 2.27. The molecule has 0 saturated heterocycles. The highest BCUT2D eigenvalue weighted by atomic mass is 79.9. The molecule has 0 bridgehead atoms. The monoisotopic (exact) mass is 275 g/mol. The van der Waals surface area contributed by atoms with E-state index in [1.165, 1.54) is 12.1 Å². The van der Waals surface area contributed by atoms with Crippen molar-refractivity contribution >= 4 is 21.9 Å². The van der Waals surface area contributed by atoms with Gasteiger partial charge in [0.25, 0.3) is 0 Å². The van der Waals surface area contributed by atoms with Crippen molar-refractivity contribution in [1.29, 1.82) is 0 Å². The molecule has 0 aliphatic heterocycles. The van der Waals surface area contributed by atoms with E-state index in [-0.39, 0.29) is 12.2 Å². The maximum Gasteiger partial charge on any atom is 0.305 e. The smallest absolute Gasteiger partial charge is 0.305 e. The summed E-state index contributed by atoms with van der Waals surface area (Å²) in [6, 6.07) is 2.18. The van der Waals surface area contributed by atoms with Gasteiger partial charge in [-0.3, -0.25) is 4.79 Å². The zero-order valence-corrected chi connectivity index (χ0v) is 9.71. The molecule has 5 heteroatoms. The summed E-state index contributed by atoms with van der Waals surface area (Å²) >= 11 is 3.09. The Morgan fingerprint density at radius 1 is 1.67 bits per heavy atom. The highest BCUT2D eigenvalue weighted by Gasteiger charge is 2.15. The summed E-state index contributed by atoms with van der Waals surface area (Å²) in [5, 5.41) is 8.59. The van der Waals surface area contributed by atoms with E-state index in [1.807, 2.05) is 0 Å². The van der Waals surface area contributed by atoms with Crippen LogP contribution in [-0.2, 0) is 4.79 Å². The Morgan fingerprint density at radius 3 is 2.80 bits per heavy atom. The van der Waals surface area contributed by atoms with Gasteiger partial charge in [-0.05, 0) is 40.0 Å². The number of halogens is 2. The van der Waals surface area contributed by atoms with Crippen molar-refractivity contribution in [2.45, 2.75) is 19.4 Å². The molecule has 0 amide bonds. The van der Waals surface area contributed by atoms with Gasteiger partial charge in [-0.25, -0.2) is 4.39 Å². The van der Waals surface area contributed by atoms with Crippen LogP contribution in [0.4, 0.5) is 4.39 Å². The van der Waals surface area contributed by atoms with E-state index in [0.717, 1.165) is 0 Å². The molecule has 0 fully saturated rings. The van der Waals surface area contributed by atoms with Crippen LogP contribution in [0.1, 0.15) is 23.6 Å². The van der Waals surface area contributed by atoms with Gasteiger partial charge in [-0.1, -0.05) is 6.07 Å². The van der Waals surface area contributed by atoms with Gasteiger partial charge in [0.2, 0.25) is 0 Å². The van der Waals surface area contributed by atoms with E-state index in [1.54, 1.807) is 6.92 Å². The first-order valence-electron chi connectivity index (χ1n) is 4.35. The van der Waals surface area contributed by atoms with Crippen molar-refractivity contribution in [1.82, 2.24) is 0 Å². The minimum absolute atomic E-state index is 0.168. The quantitative estimate of drug-likeness (QED) is 0.890. The number of hydrogen-bond donors (Lipinski definition) is 2. The summed E-state index contributed by atoms with van der Waals surface area (Å²) < 4.78 is 13.4. The fraction of sp³-hybridized carbons (Fsp3) is 0.300. The molecule has 0 spiro atoms. The topological polar surface area (TPSA) is 63.3 Å². The molecule has 0 aliphatic carbocycles. The molecule has 3 nitrogen and oxygen atoms in total. The first kappa shape index (κ1) is 12.1. The molecular formula is C10H11BrFNO2. The Morgan fingerprint density at radius 2 is 2.27 bits per heavy atom. The van der Waals surface area contributed by atoms with Crippen LogP contribution in [0.3, 0.4) is 0 Å².